The van der Waals surface area contributed by atoms with E-state index in [0.29, 0.717) is 16.1 Å². The van der Waals surface area contributed by atoms with Gasteiger partial charge in [0.2, 0.25) is 5.91 Å². The van der Waals surface area contributed by atoms with Crippen LogP contribution in [-0.2, 0) is 4.79 Å². The Morgan fingerprint density at radius 3 is 2.57 bits per heavy atom. The third-order valence-electron chi connectivity index (χ3n) is 4.81. The lowest BCUT2D eigenvalue weighted by molar-refractivity contribution is -0.119. The molecule has 0 atom stereocenters. The first-order valence-corrected chi connectivity index (χ1v) is 10.5. The maximum Gasteiger partial charge on any atom is 0.280 e. The quantitative estimate of drug-likeness (QED) is 0.495. The maximum atomic E-state index is 13.0. The molecular formula is C21H22N4O2S. The third-order valence-corrected chi connectivity index (χ3v) is 5.75. The molecule has 6 nitrogen and oxygen atoms in total. The molecule has 0 bridgehead atoms. The van der Waals surface area contributed by atoms with Gasteiger partial charge in [0.05, 0.1) is 22.3 Å². The van der Waals surface area contributed by atoms with Crippen LogP contribution in [-0.4, -0.2) is 27.4 Å². The molecule has 1 aliphatic rings. The number of nitrogens with one attached hydrogen (secondary N) is 2. The van der Waals surface area contributed by atoms with Crippen molar-refractivity contribution in [3.63, 3.8) is 0 Å². The molecule has 0 spiro atoms. The Bertz CT molecular complexity index is 1030. The van der Waals surface area contributed by atoms with Crippen molar-refractivity contribution < 1.29 is 4.79 Å². The minimum atomic E-state index is -0.187. The second-order valence-corrected chi connectivity index (χ2v) is 7.81. The lowest BCUT2D eigenvalue weighted by Crippen LogP contribution is -2.34. The normalized spacial score (nSPS) is 14.3. The van der Waals surface area contributed by atoms with Crippen molar-refractivity contribution in [3.8, 4) is 0 Å². The van der Waals surface area contributed by atoms with E-state index in [1.807, 2.05) is 48.5 Å². The Morgan fingerprint density at radius 2 is 1.79 bits per heavy atom. The van der Waals surface area contributed by atoms with E-state index < -0.39 is 0 Å². The van der Waals surface area contributed by atoms with Gasteiger partial charge >= 0.3 is 0 Å². The maximum absolute atomic E-state index is 13.0. The number of hydrogen-bond acceptors (Lipinski definition) is 5. The number of thioether (sulfide) groups is 1. The number of hydrogen-bond donors (Lipinski definition) is 2. The number of amides is 1. The van der Waals surface area contributed by atoms with Crippen LogP contribution in [0.4, 0.5) is 5.69 Å². The van der Waals surface area contributed by atoms with E-state index in [-0.39, 0.29) is 23.3 Å². The molecule has 1 heterocycles. The van der Waals surface area contributed by atoms with E-state index in [1.165, 1.54) is 29.3 Å². The topological polar surface area (TPSA) is 76.0 Å². The molecule has 7 heteroatoms. The fourth-order valence-electron chi connectivity index (χ4n) is 3.42. The molecule has 1 fully saturated rings. The summed E-state index contributed by atoms with van der Waals surface area (Å²) < 4.78 is 1.42. The van der Waals surface area contributed by atoms with Gasteiger partial charge in [-0.2, -0.15) is 4.68 Å². The van der Waals surface area contributed by atoms with Crippen molar-refractivity contribution in [1.82, 2.24) is 15.0 Å². The number of carbonyl (C=O) groups excluding carboxylic acids is 1. The average Bonchev–Trinajstić information content (AvgIpc) is 3.22. The van der Waals surface area contributed by atoms with Crippen LogP contribution in [0.25, 0.3) is 10.9 Å². The largest absolute Gasteiger partial charge is 0.353 e. The fraction of sp³-hybridized carbons (Fsp3) is 0.286. The average molecular weight is 395 g/mol. The summed E-state index contributed by atoms with van der Waals surface area (Å²) in [7, 11) is 0. The summed E-state index contributed by atoms with van der Waals surface area (Å²) in [6.45, 7) is 0. The van der Waals surface area contributed by atoms with E-state index >= 15 is 0 Å². The van der Waals surface area contributed by atoms with Crippen molar-refractivity contribution in [1.29, 1.82) is 0 Å². The van der Waals surface area contributed by atoms with Crippen LogP contribution < -0.4 is 16.3 Å². The van der Waals surface area contributed by atoms with Crippen LogP contribution in [0.15, 0.2) is 64.5 Å². The number of para-hydroxylation sites is 2. The standard InChI is InChI=1S/C21H22N4O2S/c26-19(22-15-8-4-5-9-15)14-28-21-23-18-13-7-6-12-17(18)20(27)25(21)24-16-10-2-1-3-11-16/h1-3,6-7,10-13,15,24H,4-5,8-9,14H2,(H,22,26). The molecule has 3 aromatic rings. The van der Waals surface area contributed by atoms with Gasteiger partial charge in [0.15, 0.2) is 5.16 Å². The minimum Gasteiger partial charge on any atom is -0.353 e. The summed E-state index contributed by atoms with van der Waals surface area (Å²) in [5.74, 6) is 0.197. The Hall–Kier alpha value is -2.80. The first-order valence-electron chi connectivity index (χ1n) is 9.47. The number of rotatable bonds is 6. The van der Waals surface area contributed by atoms with Crippen molar-refractivity contribution >= 4 is 34.3 Å². The molecule has 1 saturated carbocycles. The summed E-state index contributed by atoms with van der Waals surface area (Å²) in [4.78, 5) is 30.0. The molecule has 0 unspecified atom stereocenters. The van der Waals surface area contributed by atoms with Gasteiger partial charge in [-0.1, -0.05) is 54.9 Å². The number of fused-ring (bicyclic) bond motifs is 1. The zero-order valence-electron chi connectivity index (χ0n) is 15.4. The minimum absolute atomic E-state index is 0.0226. The Balaban J connectivity index is 1.60. The number of aromatic nitrogens is 2. The van der Waals surface area contributed by atoms with Crippen molar-refractivity contribution in [2.24, 2.45) is 0 Å². The van der Waals surface area contributed by atoms with Gasteiger partial charge in [0.1, 0.15) is 0 Å². The number of anilines is 1. The van der Waals surface area contributed by atoms with Crippen molar-refractivity contribution in [2.75, 3.05) is 11.2 Å². The SMILES string of the molecule is O=C(CSc1nc2ccccc2c(=O)n1Nc1ccccc1)NC1CCCC1. The highest BCUT2D eigenvalue weighted by atomic mass is 32.2. The lowest BCUT2D eigenvalue weighted by atomic mass is 10.2. The molecule has 0 aliphatic heterocycles. The molecule has 1 aliphatic carbocycles. The Morgan fingerprint density at radius 1 is 1.07 bits per heavy atom. The Kier molecular flexibility index (Phi) is 5.62. The summed E-state index contributed by atoms with van der Waals surface area (Å²) in [6, 6.07) is 17.0. The zero-order chi connectivity index (χ0) is 19.3. The highest BCUT2D eigenvalue weighted by Gasteiger charge is 2.18. The van der Waals surface area contributed by atoms with Crippen LogP contribution in [0.5, 0.6) is 0 Å². The number of carbonyl (C=O) groups is 1. The van der Waals surface area contributed by atoms with Gasteiger partial charge in [-0.25, -0.2) is 4.98 Å². The van der Waals surface area contributed by atoms with Gasteiger partial charge in [-0.15, -0.1) is 0 Å². The molecule has 0 saturated heterocycles. The predicted molar refractivity (Wildman–Crippen MR) is 113 cm³/mol. The number of nitrogens with zero attached hydrogens (tertiary/aromatic N) is 2. The van der Waals surface area contributed by atoms with Crippen LogP contribution in [0, 0.1) is 0 Å². The molecule has 28 heavy (non-hydrogen) atoms. The molecule has 2 aromatic carbocycles. The van der Waals surface area contributed by atoms with Gasteiger partial charge in [0.25, 0.3) is 5.56 Å². The first-order chi connectivity index (χ1) is 13.7. The highest BCUT2D eigenvalue weighted by molar-refractivity contribution is 7.99. The van der Waals surface area contributed by atoms with Gasteiger partial charge in [-0.3, -0.25) is 15.0 Å². The highest BCUT2D eigenvalue weighted by Crippen LogP contribution is 2.20. The fourth-order valence-corrected chi connectivity index (χ4v) is 4.18. The lowest BCUT2D eigenvalue weighted by Gasteiger charge is -2.15. The molecule has 1 amide bonds. The summed E-state index contributed by atoms with van der Waals surface area (Å²) >= 11 is 1.26. The molecular weight excluding hydrogens is 372 g/mol. The van der Waals surface area contributed by atoms with E-state index in [4.69, 9.17) is 0 Å². The smallest absolute Gasteiger partial charge is 0.280 e. The summed E-state index contributed by atoms with van der Waals surface area (Å²) in [6.07, 6.45) is 4.44. The zero-order valence-corrected chi connectivity index (χ0v) is 16.2. The van der Waals surface area contributed by atoms with Gasteiger partial charge < -0.3 is 5.32 Å². The molecule has 144 valence electrons. The van der Waals surface area contributed by atoms with Crippen molar-refractivity contribution in [2.45, 2.75) is 36.9 Å². The molecule has 4 rings (SSSR count). The molecule has 0 radical (unpaired) electrons. The summed E-state index contributed by atoms with van der Waals surface area (Å²) in [5.41, 5.74) is 4.33. The monoisotopic (exact) mass is 394 g/mol. The van der Waals surface area contributed by atoms with Gasteiger partial charge in [0, 0.05) is 6.04 Å². The van der Waals surface area contributed by atoms with Crippen LogP contribution in [0.2, 0.25) is 0 Å². The van der Waals surface area contributed by atoms with Crippen LogP contribution >= 0.6 is 11.8 Å². The van der Waals surface area contributed by atoms with E-state index in [2.05, 4.69) is 15.7 Å². The number of benzene rings is 2. The second-order valence-electron chi connectivity index (χ2n) is 6.87. The molecule has 2 N–H and O–H groups in total. The van der Waals surface area contributed by atoms with E-state index in [1.54, 1.807) is 6.07 Å². The van der Waals surface area contributed by atoms with Crippen LogP contribution in [0.3, 0.4) is 0 Å². The summed E-state index contributed by atoms with van der Waals surface area (Å²) in [5, 5.41) is 4.07. The van der Waals surface area contributed by atoms with Crippen LogP contribution in [0.1, 0.15) is 25.7 Å². The first kappa shape index (κ1) is 18.6. The van der Waals surface area contributed by atoms with Gasteiger partial charge in [-0.05, 0) is 37.1 Å². The molecule has 1 aromatic heterocycles. The predicted octanol–water partition coefficient (Wildman–Crippen LogP) is 3.42. The van der Waals surface area contributed by atoms with Crippen molar-refractivity contribution in [3.05, 3.63) is 65.0 Å². The third kappa shape index (κ3) is 4.20. The van der Waals surface area contributed by atoms with E-state index in [9.17, 15) is 9.59 Å². The Labute approximate surface area is 167 Å². The second kappa shape index (κ2) is 8.48. The van der Waals surface area contributed by atoms with E-state index in [0.717, 1.165) is 18.5 Å².